The van der Waals surface area contributed by atoms with Gasteiger partial charge in [-0.25, -0.2) is 0 Å². The predicted octanol–water partition coefficient (Wildman–Crippen LogP) is 3.76. The van der Waals surface area contributed by atoms with Gasteiger partial charge in [0.2, 0.25) is 0 Å². The summed E-state index contributed by atoms with van der Waals surface area (Å²) in [5.41, 5.74) is 6.24. The highest BCUT2D eigenvalue weighted by Gasteiger charge is 2.29. The molecule has 0 aromatic heterocycles. The van der Waals surface area contributed by atoms with E-state index in [0.29, 0.717) is 6.61 Å². The first kappa shape index (κ1) is 15.2. The molecule has 3 unspecified atom stereocenters. The molecule has 0 bridgehead atoms. The molecule has 0 spiro atoms. The summed E-state index contributed by atoms with van der Waals surface area (Å²) in [6.45, 7) is 4.88. The van der Waals surface area contributed by atoms with E-state index in [4.69, 9.17) is 15.2 Å². The van der Waals surface area contributed by atoms with Crippen LogP contribution in [0.4, 0.5) is 0 Å². The average molecular weight is 277 g/mol. The van der Waals surface area contributed by atoms with Gasteiger partial charge in [0.15, 0.2) is 11.5 Å². The first-order valence-corrected chi connectivity index (χ1v) is 7.88. The van der Waals surface area contributed by atoms with Gasteiger partial charge in [0, 0.05) is 6.04 Å². The number of hydrogen-bond acceptors (Lipinski definition) is 3. The quantitative estimate of drug-likeness (QED) is 0.861. The van der Waals surface area contributed by atoms with Gasteiger partial charge in [-0.3, -0.25) is 0 Å². The Kier molecular flexibility index (Phi) is 5.72. The minimum Gasteiger partial charge on any atom is -0.490 e. The maximum absolute atomic E-state index is 6.24. The summed E-state index contributed by atoms with van der Waals surface area (Å²) in [6.07, 6.45) is 5.99. The largest absolute Gasteiger partial charge is 0.490 e. The molecule has 1 aliphatic rings. The van der Waals surface area contributed by atoms with Gasteiger partial charge in [0.1, 0.15) is 6.10 Å². The SMILES string of the molecule is CCCC1CCC(N)C(Oc2ccccc2OCC)C1. The Morgan fingerprint density at radius 2 is 1.90 bits per heavy atom. The van der Waals surface area contributed by atoms with Gasteiger partial charge in [-0.2, -0.15) is 0 Å². The number of ether oxygens (including phenoxy) is 2. The van der Waals surface area contributed by atoms with E-state index in [-0.39, 0.29) is 12.1 Å². The lowest BCUT2D eigenvalue weighted by Crippen LogP contribution is -2.43. The van der Waals surface area contributed by atoms with Gasteiger partial charge in [-0.05, 0) is 44.2 Å². The third-order valence-electron chi connectivity index (χ3n) is 4.08. The lowest BCUT2D eigenvalue weighted by molar-refractivity contribution is 0.0954. The van der Waals surface area contributed by atoms with Crippen molar-refractivity contribution < 1.29 is 9.47 Å². The molecule has 1 aliphatic carbocycles. The van der Waals surface area contributed by atoms with E-state index >= 15 is 0 Å². The summed E-state index contributed by atoms with van der Waals surface area (Å²) >= 11 is 0. The number of hydrogen-bond donors (Lipinski definition) is 1. The van der Waals surface area contributed by atoms with Gasteiger partial charge >= 0.3 is 0 Å². The molecule has 2 N–H and O–H groups in total. The van der Waals surface area contributed by atoms with E-state index in [1.54, 1.807) is 0 Å². The lowest BCUT2D eigenvalue weighted by Gasteiger charge is -2.34. The molecule has 3 nitrogen and oxygen atoms in total. The van der Waals surface area contributed by atoms with Crippen LogP contribution in [0.25, 0.3) is 0 Å². The third kappa shape index (κ3) is 3.89. The molecule has 20 heavy (non-hydrogen) atoms. The summed E-state index contributed by atoms with van der Waals surface area (Å²) < 4.78 is 11.8. The van der Waals surface area contributed by atoms with E-state index in [1.807, 2.05) is 31.2 Å². The van der Waals surface area contributed by atoms with Crippen molar-refractivity contribution in [1.29, 1.82) is 0 Å². The summed E-state index contributed by atoms with van der Waals surface area (Å²) in [6, 6.07) is 8.02. The van der Waals surface area contributed by atoms with Crippen LogP contribution in [0.3, 0.4) is 0 Å². The smallest absolute Gasteiger partial charge is 0.161 e. The summed E-state index contributed by atoms with van der Waals surface area (Å²) in [7, 11) is 0. The standard InChI is InChI=1S/C17H27NO2/c1-3-7-13-10-11-14(18)17(12-13)20-16-9-6-5-8-15(16)19-4-2/h5-6,8-9,13-14,17H,3-4,7,10-12,18H2,1-2H3. The van der Waals surface area contributed by atoms with Crippen LogP contribution in [0.2, 0.25) is 0 Å². The zero-order valence-electron chi connectivity index (χ0n) is 12.7. The van der Waals surface area contributed by atoms with E-state index < -0.39 is 0 Å². The molecular formula is C17H27NO2. The van der Waals surface area contributed by atoms with Crippen molar-refractivity contribution in [2.45, 2.75) is 58.1 Å². The Hall–Kier alpha value is -1.22. The highest BCUT2D eigenvalue weighted by molar-refractivity contribution is 5.39. The molecular weight excluding hydrogens is 250 g/mol. The second-order valence-corrected chi connectivity index (χ2v) is 5.67. The van der Waals surface area contributed by atoms with Crippen LogP contribution in [0.1, 0.15) is 46.0 Å². The van der Waals surface area contributed by atoms with Crippen molar-refractivity contribution in [1.82, 2.24) is 0 Å². The number of rotatable bonds is 6. The average Bonchev–Trinajstić information content (AvgIpc) is 2.45. The van der Waals surface area contributed by atoms with Crippen molar-refractivity contribution in [2.75, 3.05) is 6.61 Å². The Balaban J connectivity index is 2.03. The molecule has 1 aromatic carbocycles. The monoisotopic (exact) mass is 277 g/mol. The van der Waals surface area contributed by atoms with Crippen LogP contribution in [-0.2, 0) is 0 Å². The Morgan fingerprint density at radius 3 is 2.60 bits per heavy atom. The second-order valence-electron chi connectivity index (χ2n) is 5.67. The minimum atomic E-state index is 0.113. The molecule has 2 rings (SSSR count). The predicted molar refractivity (Wildman–Crippen MR) is 82.3 cm³/mol. The van der Waals surface area contributed by atoms with Crippen LogP contribution in [-0.4, -0.2) is 18.8 Å². The van der Waals surface area contributed by atoms with Crippen LogP contribution in [0.5, 0.6) is 11.5 Å². The number of nitrogens with two attached hydrogens (primary N) is 1. The maximum atomic E-state index is 6.24. The zero-order valence-corrected chi connectivity index (χ0v) is 12.7. The van der Waals surface area contributed by atoms with Crippen molar-refractivity contribution in [2.24, 2.45) is 11.7 Å². The van der Waals surface area contributed by atoms with Crippen molar-refractivity contribution >= 4 is 0 Å². The molecule has 112 valence electrons. The second kappa shape index (κ2) is 7.53. The first-order chi connectivity index (χ1) is 9.74. The van der Waals surface area contributed by atoms with Gasteiger partial charge < -0.3 is 15.2 Å². The van der Waals surface area contributed by atoms with Gasteiger partial charge in [0.25, 0.3) is 0 Å². The fourth-order valence-corrected chi connectivity index (χ4v) is 3.03. The van der Waals surface area contributed by atoms with E-state index in [2.05, 4.69) is 6.92 Å². The Labute approximate surface area is 122 Å². The van der Waals surface area contributed by atoms with Crippen molar-refractivity contribution in [3.63, 3.8) is 0 Å². The molecule has 3 heteroatoms. The maximum Gasteiger partial charge on any atom is 0.161 e. The molecule has 0 saturated heterocycles. The highest BCUT2D eigenvalue weighted by Crippen LogP contribution is 2.33. The molecule has 1 aromatic rings. The van der Waals surface area contributed by atoms with Gasteiger partial charge in [-0.15, -0.1) is 0 Å². The molecule has 0 aliphatic heterocycles. The van der Waals surface area contributed by atoms with E-state index in [1.165, 1.54) is 19.3 Å². The Morgan fingerprint density at radius 1 is 1.15 bits per heavy atom. The van der Waals surface area contributed by atoms with Crippen LogP contribution < -0.4 is 15.2 Å². The Bertz CT molecular complexity index is 408. The number of benzene rings is 1. The van der Waals surface area contributed by atoms with Crippen LogP contribution in [0, 0.1) is 5.92 Å². The first-order valence-electron chi connectivity index (χ1n) is 7.88. The molecule has 3 atom stereocenters. The van der Waals surface area contributed by atoms with Gasteiger partial charge in [-0.1, -0.05) is 31.9 Å². The van der Waals surface area contributed by atoms with Crippen molar-refractivity contribution in [3.8, 4) is 11.5 Å². The van der Waals surface area contributed by atoms with Crippen LogP contribution >= 0.6 is 0 Å². The van der Waals surface area contributed by atoms with Gasteiger partial charge in [0.05, 0.1) is 6.61 Å². The lowest BCUT2D eigenvalue weighted by atomic mass is 9.82. The molecule has 0 amide bonds. The van der Waals surface area contributed by atoms with E-state index in [9.17, 15) is 0 Å². The minimum absolute atomic E-state index is 0.113. The molecule has 0 radical (unpaired) electrons. The number of para-hydroxylation sites is 2. The normalized spacial score (nSPS) is 26.2. The highest BCUT2D eigenvalue weighted by atomic mass is 16.5. The summed E-state index contributed by atoms with van der Waals surface area (Å²) in [4.78, 5) is 0. The summed E-state index contributed by atoms with van der Waals surface area (Å²) in [5, 5.41) is 0. The van der Waals surface area contributed by atoms with E-state index in [0.717, 1.165) is 30.3 Å². The topological polar surface area (TPSA) is 44.5 Å². The molecule has 0 heterocycles. The van der Waals surface area contributed by atoms with Crippen molar-refractivity contribution in [3.05, 3.63) is 24.3 Å². The molecule has 1 saturated carbocycles. The molecule has 1 fully saturated rings. The van der Waals surface area contributed by atoms with Crippen LogP contribution in [0.15, 0.2) is 24.3 Å². The third-order valence-corrected chi connectivity index (χ3v) is 4.08. The fourth-order valence-electron chi connectivity index (χ4n) is 3.03. The summed E-state index contributed by atoms with van der Waals surface area (Å²) in [5.74, 6) is 2.40. The fraction of sp³-hybridized carbons (Fsp3) is 0.647. The zero-order chi connectivity index (χ0) is 14.4.